The molecular weight excluding hydrogens is 404 g/mol. The molecule has 0 bridgehead atoms. The summed E-state index contributed by atoms with van der Waals surface area (Å²) in [4.78, 5) is 7.20. The van der Waals surface area contributed by atoms with E-state index >= 15 is 0 Å². The fourth-order valence-electron chi connectivity index (χ4n) is 3.54. The number of methoxy groups -OCH3 is 1. The van der Waals surface area contributed by atoms with Crippen LogP contribution in [0.2, 0.25) is 0 Å². The third-order valence-electron chi connectivity index (χ3n) is 5.20. The Morgan fingerprint density at radius 3 is 2.59 bits per heavy atom. The number of guanidine groups is 1. The fourth-order valence-corrected chi connectivity index (χ4v) is 3.54. The molecule has 2 aromatic rings. The van der Waals surface area contributed by atoms with Crippen LogP contribution < -0.4 is 20.1 Å². The van der Waals surface area contributed by atoms with Gasteiger partial charge in [-0.25, -0.2) is 4.99 Å². The molecule has 1 fully saturated rings. The van der Waals surface area contributed by atoms with Crippen molar-refractivity contribution in [2.75, 3.05) is 46.5 Å². The lowest BCUT2D eigenvalue weighted by atomic mass is 10.1. The molecule has 1 atom stereocenters. The molecule has 0 spiro atoms. The number of hydrogen-bond donors (Lipinski definition) is 2. The van der Waals surface area contributed by atoms with Crippen LogP contribution in [0.5, 0.6) is 11.5 Å². The summed E-state index contributed by atoms with van der Waals surface area (Å²) in [6, 6.07) is 16.3. The van der Waals surface area contributed by atoms with Crippen LogP contribution in [-0.4, -0.2) is 63.5 Å². The number of ether oxygens (including phenoxy) is 3. The van der Waals surface area contributed by atoms with Gasteiger partial charge in [-0.15, -0.1) is 0 Å². The number of hydrogen-bond acceptors (Lipinski definition) is 5. The molecular formula is C25H36N4O3. The summed E-state index contributed by atoms with van der Waals surface area (Å²) in [5.41, 5.74) is 2.52. The van der Waals surface area contributed by atoms with E-state index in [9.17, 15) is 0 Å². The zero-order valence-electron chi connectivity index (χ0n) is 19.5. The van der Waals surface area contributed by atoms with Crippen molar-refractivity contribution in [3.63, 3.8) is 0 Å². The van der Waals surface area contributed by atoms with E-state index in [1.807, 2.05) is 31.2 Å². The Morgan fingerprint density at radius 2 is 1.81 bits per heavy atom. The highest BCUT2D eigenvalue weighted by Gasteiger charge is 2.11. The minimum Gasteiger partial charge on any atom is -0.497 e. The van der Waals surface area contributed by atoms with E-state index < -0.39 is 0 Å². The van der Waals surface area contributed by atoms with Gasteiger partial charge in [0.15, 0.2) is 5.96 Å². The SMILES string of the molecule is CCNC(=NCc1cccc(CN2CCOCC2)c1)NCC(C)Oc1cccc(OC)c1. The van der Waals surface area contributed by atoms with Crippen molar-refractivity contribution in [2.24, 2.45) is 4.99 Å². The summed E-state index contributed by atoms with van der Waals surface area (Å²) in [6.45, 7) is 10.7. The highest BCUT2D eigenvalue weighted by atomic mass is 16.5. The topological polar surface area (TPSA) is 67.4 Å². The average molecular weight is 441 g/mol. The van der Waals surface area contributed by atoms with E-state index in [1.165, 1.54) is 11.1 Å². The zero-order chi connectivity index (χ0) is 22.6. The lowest BCUT2D eigenvalue weighted by molar-refractivity contribution is 0.0342. The molecule has 1 unspecified atom stereocenters. The molecule has 32 heavy (non-hydrogen) atoms. The van der Waals surface area contributed by atoms with Crippen LogP contribution in [0.4, 0.5) is 0 Å². The van der Waals surface area contributed by atoms with Crippen molar-refractivity contribution in [1.82, 2.24) is 15.5 Å². The molecule has 0 aliphatic carbocycles. The lowest BCUT2D eigenvalue weighted by Crippen LogP contribution is -2.41. The largest absolute Gasteiger partial charge is 0.497 e. The Balaban J connectivity index is 1.52. The normalized spacial score (nSPS) is 15.8. The molecule has 1 aliphatic heterocycles. The first-order valence-corrected chi connectivity index (χ1v) is 11.4. The minimum absolute atomic E-state index is 0.0252. The number of benzene rings is 2. The molecule has 174 valence electrons. The van der Waals surface area contributed by atoms with Gasteiger partial charge in [0.05, 0.1) is 33.4 Å². The Hall–Kier alpha value is -2.77. The third kappa shape index (κ3) is 8.05. The quantitative estimate of drug-likeness (QED) is 0.437. The second kappa shape index (κ2) is 12.9. The molecule has 0 aromatic heterocycles. The van der Waals surface area contributed by atoms with Crippen LogP contribution in [-0.2, 0) is 17.8 Å². The molecule has 3 rings (SSSR count). The smallest absolute Gasteiger partial charge is 0.191 e. The van der Waals surface area contributed by atoms with E-state index in [-0.39, 0.29) is 6.10 Å². The fraction of sp³-hybridized carbons (Fsp3) is 0.480. The maximum Gasteiger partial charge on any atom is 0.191 e. The van der Waals surface area contributed by atoms with Crippen LogP contribution in [0.1, 0.15) is 25.0 Å². The van der Waals surface area contributed by atoms with E-state index in [0.717, 1.165) is 56.9 Å². The van der Waals surface area contributed by atoms with Crippen molar-refractivity contribution in [2.45, 2.75) is 33.0 Å². The molecule has 1 aliphatic rings. The van der Waals surface area contributed by atoms with Crippen molar-refractivity contribution in [3.05, 3.63) is 59.7 Å². The summed E-state index contributed by atoms with van der Waals surface area (Å²) in [7, 11) is 1.65. The van der Waals surface area contributed by atoms with Gasteiger partial charge in [-0.3, -0.25) is 4.90 Å². The highest BCUT2D eigenvalue weighted by molar-refractivity contribution is 5.79. The molecule has 7 heteroatoms. The number of aliphatic imine (C=N–C) groups is 1. The molecule has 1 saturated heterocycles. The number of nitrogens with one attached hydrogen (secondary N) is 2. The number of rotatable bonds is 10. The van der Waals surface area contributed by atoms with Gasteiger partial charge < -0.3 is 24.8 Å². The van der Waals surface area contributed by atoms with Crippen LogP contribution in [0.15, 0.2) is 53.5 Å². The molecule has 0 saturated carbocycles. The first kappa shape index (κ1) is 23.9. The molecule has 0 amide bonds. The van der Waals surface area contributed by atoms with Gasteiger partial charge >= 0.3 is 0 Å². The monoisotopic (exact) mass is 440 g/mol. The van der Waals surface area contributed by atoms with Crippen LogP contribution in [0, 0.1) is 0 Å². The van der Waals surface area contributed by atoms with Gasteiger partial charge in [-0.05, 0) is 37.1 Å². The molecule has 2 N–H and O–H groups in total. The van der Waals surface area contributed by atoms with Crippen molar-refractivity contribution < 1.29 is 14.2 Å². The van der Waals surface area contributed by atoms with Gasteiger partial charge in [0.2, 0.25) is 0 Å². The van der Waals surface area contributed by atoms with Crippen LogP contribution in [0.25, 0.3) is 0 Å². The van der Waals surface area contributed by atoms with Crippen molar-refractivity contribution >= 4 is 5.96 Å². The van der Waals surface area contributed by atoms with Gasteiger partial charge in [-0.2, -0.15) is 0 Å². The molecule has 1 heterocycles. The number of morpholine rings is 1. The van der Waals surface area contributed by atoms with Gasteiger partial charge in [-0.1, -0.05) is 30.3 Å². The number of nitrogens with zero attached hydrogens (tertiary/aromatic N) is 2. The Kier molecular flexibility index (Phi) is 9.65. The molecule has 2 aromatic carbocycles. The van der Waals surface area contributed by atoms with E-state index in [1.54, 1.807) is 7.11 Å². The van der Waals surface area contributed by atoms with E-state index in [4.69, 9.17) is 19.2 Å². The van der Waals surface area contributed by atoms with Gasteiger partial charge in [0.25, 0.3) is 0 Å². The Morgan fingerprint density at radius 1 is 1.06 bits per heavy atom. The first-order chi connectivity index (χ1) is 15.7. The van der Waals surface area contributed by atoms with Crippen LogP contribution >= 0.6 is 0 Å². The minimum atomic E-state index is -0.0252. The van der Waals surface area contributed by atoms with Gasteiger partial charge in [0.1, 0.15) is 17.6 Å². The van der Waals surface area contributed by atoms with E-state index in [0.29, 0.717) is 13.1 Å². The van der Waals surface area contributed by atoms with E-state index in [2.05, 4.69) is 46.7 Å². The third-order valence-corrected chi connectivity index (χ3v) is 5.20. The molecule has 0 radical (unpaired) electrons. The predicted octanol–water partition coefficient (Wildman–Crippen LogP) is 3.05. The zero-order valence-corrected chi connectivity index (χ0v) is 19.5. The predicted molar refractivity (Wildman–Crippen MR) is 128 cm³/mol. The summed E-state index contributed by atoms with van der Waals surface area (Å²) in [5, 5.41) is 6.69. The average Bonchev–Trinajstić information content (AvgIpc) is 2.82. The molecule has 7 nitrogen and oxygen atoms in total. The van der Waals surface area contributed by atoms with Gasteiger partial charge in [0, 0.05) is 32.2 Å². The Labute approximate surface area is 191 Å². The van der Waals surface area contributed by atoms with Crippen molar-refractivity contribution in [1.29, 1.82) is 0 Å². The summed E-state index contributed by atoms with van der Waals surface area (Å²) in [6.07, 6.45) is -0.0252. The summed E-state index contributed by atoms with van der Waals surface area (Å²) >= 11 is 0. The highest BCUT2D eigenvalue weighted by Crippen LogP contribution is 2.19. The Bertz CT molecular complexity index is 853. The second-order valence-corrected chi connectivity index (χ2v) is 7.89. The summed E-state index contributed by atoms with van der Waals surface area (Å²) in [5.74, 6) is 2.36. The second-order valence-electron chi connectivity index (χ2n) is 7.89. The van der Waals surface area contributed by atoms with Crippen LogP contribution in [0.3, 0.4) is 0 Å². The maximum absolute atomic E-state index is 6.00. The van der Waals surface area contributed by atoms with Crippen molar-refractivity contribution in [3.8, 4) is 11.5 Å². The maximum atomic E-state index is 6.00. The standard InChI is InChI=1S/C25H36N4O3/c1-4-26-25(27-17-20(2)32-24-10-6-9-23(16-24)30-3)28-18-21-7-5-8-22(15-21)19-29-11-13-31-14-12-29/h5-10,15-16,20H,4,11-14,17-19H2,1-3H3,(H2,26,27,28). The summed E-state index contributed by atoms with van der Waals surface area (Å²) < 4.78 is 16.7. The lowest BCUT2D eigenvalue weighted by Gasteiger charge is -2.26. The first-order valence-electron chi connectivity index (χ1n) is 11.4.